The van der Waals surface area contributed by atoms with Crippen LogP contribution in [0, 0.1) is 13.8 Å². The first-order chi connectivity index (χ1) is 15.4. The molecule has 1 amide bonds. The number of piperidine rings is 1. The Labute approximate surface area is 187 Å². The molecule has 168 valence electrons. The Balaban J connectivity index is 1.47. The van der Waals surface area contributed by atoms with Crippen molar-refractivity contribution < 1.29 is 9.90 Å². The van der Waals surface area contributed by atoms with E-state index >= 15 is 0 Å². The number of aryl methyl sites for hydroxylation is 2. The molecule has 8 heteroatoms. The molecule has 2 unspecified atom stereocenters. The molecule has 3 N–H and O–H groups in total. The van der Waals surface area contributed by atoms with Crippen molar-refractivity contribution in [1.29, 1.82) is 0 Å². The van der Waals surface area contributed by atoms with Gasteiger partial charge in [-0.25, -0.2) is 9.50 Å². The molecule has 0 saturated carbocycles. The number of hydrogen-bond donors (Lipinski definition) is 2. The van der Waals surface area contributed by atoms with E-state index in [2.05, 4.69) is 4.90 Å². The van der Waals surface area contributed by atoms with Gasteiger partial charge in [0.25, 0.3) is 5.91 Å². The molecular formula is C24H30N6O2. The Morgan fingerprint density at radius 2 is 2.00 bits per heavy atom. The minimum atomic E-state index is -0.153. The van der Waals surface area contributed by atoms with E-state index in [0.717, 1.165) is 67.1 Å². The van der Waals surface area contributed by atoms with Gasteiger partial charge < -0.3 is 20.6 Å². The molecule has 8 nitrogen and oxygen atoms in total. The summed E-state index contributed by atoms with van der Waals surface area (Å²) < 4.78 is 1.81. The second kappa shape index (κ2) is 8.09. The van der Waals surface area contributed by atoms with E-state index in [9.17, 15) is 9.90 Å². The summed E-state index contributed by atoms with van der Waals surface area (Å²) in [4.78, 5) is 22.3. The van der Waals surface area contributed by atoms with E-state index in [-0.39, 0.29) is 23.7 Å². The monoisotopic (exact) mass is 434 g/mol. The molecule has 2 aliphatic heterocycles. The van der Waals surface area contributed by atoms with Crippen LogP contribution in [0.4, 0.5) is 5.82 Å². The molecule has 0 spiro atoms. The predicted octanol–water partition coefficient (Wildman–Crippen LogP) is 2.96. The van der Waals surface area contributed by atoms with Gasteiger partial charge in [-0.2, -0.15) is 5.10 Å². The molecule has 32 heavy (non-hydrogen) atoms. The summed E-state index contributed by atoms with van der Waals surface area (Å²) in [6, 6.07) is 7.24. The number of aromatic nitrogens is 3. The molecule has 4 heterocycles. The molecule has 0 bridgehead atoms. The van der Waals surface area contributed by atoms with Crippen LogP contribution in [0.3, 0.4) is 0 Å². The Bertz CT molecular complexity index is 1170. The van der Waals surface area contributed by atoms with Crippen molar-refractivity contribution in [1.82, 2.24) is 19.5 Å². The lowest BCUT2D eigenvalue weighted by atomic mass is 9.98. The third-order valence-corrected chi connectivity index (χ3v) is 6.64. The summed E-state index contributed by atoms with van der Waals surface area (Å²) >= 11 is 0. The third kappa shape index (κ3) is 3.68. The zero-order valence-corrected chi connectivity index (χ0v) is 18.7. The maximum absolute atomic E-state index is 13.3. The standard InChI is InChI=1S/C24H30N6O2/c1-15-6-7-18(21(31)11-15)24(32)29-9-4-3-5-20(29)19-12-22-26-23(16(2)13-30(22)27-19)28-10-8-17(25)14-28/h6-7,11-13,17,20,31H,3-5,8-10,14,25H2,1-2H3. The van der Waals surface area contributed by atoms with Crippen LogP contribution in [0.25, 0.3) is 5.65 Å². The summed E-state index contributed by atoms with van der Waals surface area (Å²) in [6.45, 7) is 6.32. The largest absolute Gasteiger partial charge is 0.507 e. The number of phenolic OH excluding ortho intramolecular Hbond substituents is 1. The van der Waals surface area contributed by atoms with Crippen LogP contribution in [0.15, 0.2) is 30.5 Å². The van der Waals surface area contributed by atoms with Gasteiger partial charge in [0.2, 0.25) is 0 Å². The van der Waals surface area contributed by atoms with E-state index < -0.39 is 0 Å². The van der Waals surface area contributed by atoms with Gasteiger partial charge in [-0.1, -0.05) is 6.07 Å². The highest BCUT2D eigenvalue weighted by Gasteiger charge is 2.32. The fraction of sp³-hybridized carbons (Fsp3) is 0.458. The van der Waals surface area contributed by atoms with Crippen molar-refractivity contribution in [3.8, 4) is 5.75 Å². The minimum Gasteiger partial charge on any atom is -0.507 e. The summed E-state index contributed by atoms with van der Waals surface area (Å²) in [5.74, 6) is 0.832. The van der Waals surface area contributed by atoms with Gasteiger partial charge in [-0.05, 0) is 57.2 Å². The van der Waals surface area contributed by atoms with Crippen LogP contribution < -0.4 is 10.6 Å². The molecular weight excluding hydrogens is 404 g/mol. The van der Waals surface area contributed by atoms with Crippen molar-refractivity contribution in [2.24, 2.45) is 5.73 Å². The minimum absolute atomic E-state index is 0.0279. The molecule has 0 radical (unpaired) electrons. The van der Waals surface area contributed by atoms with Crippen molar-refractivity contribution in [3.63, 3.8) is 0 Å². The van der Waals surface area contributed by atoms with E-state index in [4.69, 9.17) is 15.8 Å². The Morgan fingerprint density at radius 1 is 1.16 bits per heavy atom. The van der Waals surface area contributed by atoms with E-state index in [0.29, 0.717) is 12.1 Å². The van der Waals surface area contributed by atoms with Gasteiger partial charge >= 0.3 is 0 Å². The lowest BCUT2D eigenvalue weighted by Gasteiger charge is -2.35. The number of amides is 1. The fourth-order valence-corrected chi connectivity index (χ4v) is 4.94. The Hall–Kier alpha value is -3.13. The molecule has 5 rings (SSSR count). The number of rotatable bonds is 3. The molecule has 2 aliphatic rings. The second-order valence-electron chi connectivity index (χ2n) is 9.14. The van der Waals surface area contributed by atoms with E-state index in [1.54, 1.807) is 12.1 Å². The van der Waals surface area contributed by atoms with Gasteiger partial charge in [-0.15, -0.1) is 0 Å². The van der Waals surface area contributed by atoms with Crippen LogP contribution in [0.2, 0.25) is 0 Å². The number of benzene rings is 1. The van der Waals surface area contributed by atoms with Crippen molar-refractivity contribution in [2.45, 2.75) is 51.6 Å². The number of carbonyl (C=O) groups excluding carboxylic acids is 1. The van der Waals surface area contributed by atoms with Crippen molar-refractivity contribution in [3.05, 3.63) is 52.8 Å². The number of carbonyl (C=O) groups is 1. The second-order valence-corrected chi connectivity index (χ2v) is 9.14. The number of fused-ring (bicyclic) bond motifs is 1. The summed E-state index contributed by atoms with van der Waals surface area (Å²) in [5, 5.41) is 15.2. The van der Waals surface area contributed by atoms with Gasteiger partial charge in [0.05, 0.1) is 17.3 Å². The quantitative estimate of drug-likeness (QED) is 0.657. The van der Waals surface area contributed by atoms with Crippen LogP contribution in [0.5, 0.6) is 5.75 Å². The van der Waals surface area contributed by atoms with Crippen molar-refractivity contribution >= 4 is 17.4 Å². The number of likely N-dealkylation sites (tertiary alicyclic amines) is 1. The van der Waals surface area contributed by atoms with E-state index in [1.807, 2.05) is 41.6 Å². The zero-order chi connectivity index (χ0) is 22.4. The number of hydrogen-bond acceptors (Lipinski definition) is 6. The van der Waals surface area contributed by atoms with Crippen LogP contribution in [-0.2, 0) is 0 Å². The Morgan fingerprint density at radius 3 is 2.75 bits per heavy atom. The SMILES string of the molecule is Cc1ccc(C(=O)N2CCCCC2c2cc3nc(N4CCC(N)C4)c(C)cn3n2)c(O)c1. The first-order valence-corrected chi connectivity index (χ1v) is 11.4. The normalized spacial score (nSPS) is 21.5. The molecule has 2 atom stereocenters. The number of nitrogens with zero attached hydrogens (tertiary/aromatic N) is 5. The molecule has 2 aromatic heterocycles. The van der Waals surface area contributed by atoms with Crippen LogP contribution in [-0.4, -0.2) is 56.2 Å². The maximum atomic E-state index is 13.3. The predicted molar refractivity (Wildman–Crippen MR) is 123 cm³/mol. The average Bonchev–Trinajstić information content (AvgIpc) is 3.38. The fourth-order valence-electron chi connectivity index (χ4n) is 4.94. The number of phenols is 1. The lowest BCUT2D eigenvalue weighted by Crippen LogP contribution is -2.38. The molecule has 1 aromatic carbocycles. The highest BCUT2D eigenvalue weighted by atomic mass is 16.3. The topological polar surface area (TPSA) is 100.0 Å². The Kier molecular flexibility index (Phi) is 5.25. The summed E-state index contributed by atoms with van der Waals surface area (Å²) in [6.07, 6.45) is 5.80. The highest BCUT2D eigenvalue weighted by Crippen LogP contribution is 2.34. The van der Waals surface area contributed by atoms with Crippen LogP contribution >= 0.6 is 0 Å². The first kappa shape index (κ1) is 20.8. The lowest BCUT2D eigenvalue weighted by molar-refractivity contribution is 0.0602. The number of aromatic hydroxyl groups is 1. The van der Waals surface area contributed by atoms with Gasteiger partial charge in [0, 0.05) is 43.5 Å². The van der Waals surface area contributed by atoms with Crippen molar-refractivity contribution in [2.75, 3.05) is 24.5 Å². The van der Waals surface area contributed by atoms with Gasteiger partial charge in [-0.3, -0.25) is 4.79 Å². The van der Waals surface area contributed by atoms with Crippen LogP contribution in [0.1, 0.15) is 58.9 Å². The summed E-state index contributed by atoms with van der Waals surface area (Å²) in [7, 11) is 0. The van der Waals surface area contributed by atoms with Gasteiger partial charge in [0.15, 0.2) is 5.65 Å². The number of nitrogens with two attached hydrogens (primary N) is 1. The number of anilines is 1. The molecule has 3 aromatic rings. The molecule has 2 saturated heterocycles. The van der Waals surface area contributed by atoms with E-state index in [1.165, 1.54) is 0 Å². The summed E-state index contributed by atoms with van der Waals surface area (Å²) in [5.41, 5.74) is 10.0. The molecule has 0 aliphatic carbocycles. The molecule has 2 fully saturated rings. The third-order valence-electron chi connectivity index (χ3n) is 6.64. The zero-order valence-electron chi connectivity index (χ0n) is 18.7. The smallest absolute Gasteiger partial charge is 0.258 e. The highest BCUT2D eigenvalue weighted by molar-refractivity contribution is 5.97. The average molecular weight is 435 g/mol. The maximum Gasteiger partial charge on any atom is 0.258 e. The first-order valence-electron chi connectivity index (χ1n) is 11.4. The van der Waals surface area contributed by atoms with Gasteiger partial charge in [0.1, 0.15) is 11.6 Å².